The molecule has 0 radical (unpaired) electrons. The maximum Gasteiger partial charge on any atom is 0.269 e. The zero-order valence-electron chi connectivity index (χ0n) is 20.0. The highest BCUT2D eigenvalue weighted by atomic mass is 32.1. The number of nitrogens with one attached hydrogen (secondary N) is 1. The van der Waals surface area contributed by atoms with Gasteiger partial charge in [-0.1, -0.05) is 0 Å². The summed E-state index contributed by atoms with van der Waals surface area (Å²) in [6.07, 6.45) is 4.08. The van der Waals surface area contributed by atoms with E-state index in [9.17, 15) is 13.6 Å². The van der Waals surface area contributed by atoms with E-state index in [1.54, 1.807) is 12.1 Å². The van der Waals surface area contributed by atoms with Crippen molar-refractivity contribution in [1.29, 1.82) is 0 Å². The summed E-state index contributed by atoms with van der Waals surface area (Å²) in [5, 5.41) is 2.95. The maximum atomic E-state index is 14.2. The van der Waals surface area contributed by atoms with Crippen molar-refractivity contribution in [3.8, 4) is 16.3 Å². The molecule has 2 aliphatic rings. The van der Waals surface area contributed by atoms with E-state index in [-0.39, 0.29) is 17.4 Å². The number of amidine groups is 1. The van der Waals surface area contributed by atoms with E-state index in [4.69, 9.17) is 10.5 Å². The summed E-state index contributed by atoms with van der Waals surface area (Å²) in [7, 11) is 0. The molecule has 0 bridgehead atoms. The van der Waals surface area contributed by atoms with Gasteiger partial charge < -0.3 is 20.7 Å². The normalized spacial score (nSPS) is 15.8. The van der Waals surface area contributed by atoms with Gasteiger partial charge in [0.2, 0.25) is 0 Å². The van der Waals surface area contributed by atoms with Crippen LogP contribution in [-0.4, -0.2) is 60.8 Å². The number of fused-ring (bicyclic) bond motifs is 3. The van der Waals surface area contributed by atoms with Gasteiger partial charge in [0.1, 0.15) is 28.6 Å². The molecule has 0 unspecified atom stereocenters. The molecule has 2 aliphatic heterocycles. The second-order valence-corrected chi connectivity index (χ2v) is 9.77. The zero-order chi connectivity index (χ0) is 25.8. The topological polar surface area (TPSA) is 105 Å². The molecule has 0 atom stereocenters. The number of nitrogens with two attached hydrogens (primary N) is 1. The van der Waals surface area contributed by atoms with Gasteiger partial charge in [0.05, 0.1) is 22.7 Å². The third-order valence-corrected chi connectivity index (χ3v) is 7.39. The van der Waals surface area contributed by atoms with E-state index < -0.39 is 11.6 Å². The first-order valence-corrected chi connectivity index (χ1v) is 12.9. The summed E-state index contributed by atoms with van der Waals surface area (Å²) in [6.45, 7) is 3.94. The van der Waals surface area contributed by atoms with Crippen molar-refractivity contribution in [3.63, 3.8) is 0 Å². The maximum absolute atomic E-state index is 14.2. The molecule has 3 N–H and O–H groups in total. The fraction of sp³-hybridized carbons (Fsp3) is 0.308. The summed E-state index contributed by atoms with van der Waals surface area (Å²) in [5.74, 6) is -0.979. The molecule has 0 spiro atoms. The van der Waals surface area contributed by atoms with Crippen LogP contribution in [0.4, 0.5) is 14.5 Å². The highest BCUT2D eigenvalue weighted by Gasteiger charge is 2.24. The summed E-state index contributed by atoms with van der Waals surface area (Å²) in [6, 6.07) is 8.44. The highest BCUT2D eigenvalue weighted by molar-refractivity contribution is 7.17. The van der Waals surface area contributed by atoms with E-state index >= 15 is 0 Å². The van der Waals surface area contributed by atoms with Crippen LogP contribution >= 0.6 is 11.3 Å². The number of carbonyl (C=O) groups excluding carboxylic acids is 1. The fourth-order valence-electron chi connectivity index (χ4n) is 4.38. The number of halogens is 2. The lowest BCUT2D eigenvalue weighted by Crippen LogP contribution is -2.33. The van der Waals surface area contributed by atoms with Crippen LogP contribution in [0.15, 0.2) is 46.4 Å². The van der Waals surface area contributed by atoms with Gasteiger partial charge in [0.25, 0.3) is 5.91 Å². The van der Waals surface area contributed by atoms with Crippen LogP contribution in [-0.2, 0) is 6.42 Å². The predicted octanol–water partition coefficient (Wildman–Crippen LogP) is 3.91. The Bertz CT molecular complexity index is 1370. The Balaban J connectivity index is 1.43. The number of hydrogen-bond donors (Lipinski definition) is 2. The van der Waals surface area contributed by atoms with Gasteiger partial charge in [-0.15, -0.1) is 11.3 Å². The monoisotopic (exact) mass is 524 g/mol. The number of nitrogens with zero attached hydrogens (tertiary/aromatic N) is 4. The first-order valence-electron chi connectivity index (χ1n) is 12.1. The Hall–Kier alpha value is -3.70. The second-order valence-electron chi connectivity index (χ2n) is 8.72. The van der Waals surface area contributed by atoms with Crippen molar-refractivity contribution >= 4 is 35.1 Å². The molecule has 4 heterocycles. The molecule has 1 amide bonds. The Labute approximate surface area is 216 Å². The van der Waals surface area contributed by atoms with Crippen LogP contribution in [0.2, 0.25) is 0 Å². The Morgan fingerprint density at radius 3 is 2.84 bits per heavy atom. The summed E-state index contributed by atoms with van der Waals surface area (Å²) in [4.78, 5) is 29.6. The van der Waals surface area contributed by atoms with E-state index in [2.05, 4.69) is 25.2 Å². The number of hydrogen-bond acceptors (Lipinski definition) is 6. The number of rotatable bonds is 6. The zero-order valence-corrected chi connectivity index (χ0v) is 20.9. The molecule has 11 heteroatoms. The quantitative estimate of drug-likeness (QED) is 0.376. The van der Waals surface area contributed by atoms with Crippen molar-refractivity contribution in [2.75, 3.05) is 32.8 Å². The van der Waals surface area contributed by atoms with Crippen LogP contribution < -0.4 is 15.8 Å². The van der Waals surface area contributed by atoms with E-state index in [0.29, 0.717) is 41.6 Å². The number of aromatic nitrogens is 1. The lowest BCUT2D eigenvalue weighted by Gasteiger charge is -2.15. The van der Waals surface area contributed by atoms with Gasteiger partial charge in [0, 0.05) is 25.6 Å². The molecule has 1 saturated heterocycles. The molecule has 1 aromatic carbocycles. The molecule has 2 aromatic heterocycles. The van der Waals surface area contributed by atoms with E-state index in [1.807, 2.05) is 6.07 Å². The van der Waals surface area contributed by atoms with Gasteiger partial charge in [-0.25, -0.2) is 23.7 Å². The van der Waals surface area contributed by atoms with Crippen molar-refractivity contribution in [2.24, 2.45) is 15.7 Å². The van der Waals surface area contributed by atoms with Crippen molar-refractivity contribution in [1.82, 2.24) is 15.2 Å². The number of aliphatic imine (C=N–C) groups is 2. The fourth-order valence-corrected chi connectivity index (χ4v) is 5.52. The van der Waals surface area contributed by atoms with Crippen molar-refractivity contribution in [3.05, 3.63) is 64.2 Å². The minimum absolute atomic E-state index is 0.0552. The molecule has 0 aliphatic carbocycles. The number of carbonyl (C=O) groups is 1. The van der Waals surface area contributed by atoms with Gasteiger partial charge >= 0.3 is 0 Å². The standard InChI is InChI=1S/C26H26F2N6O2S/c27-17-3-4-19(18(28)14-17)33-25(31-15-29)22-13-16-7-12-36-21-6-5-20(32-23(21)24(16)37-22)26(35)30-8-11-34-9-1-2-10-34/h3-6,13-15H,1-2,7-12H2,(H,30,35)(H2,29,31,33). The predicted molar refractivity (Wildman–Crippen MR) is 140 cm³/mol. The molecule has 3 aromatic rings. The Kier molecular flexibility index (Phi) is 7.52. The number of likely N-dealkylation sites (tertiary alicyclic amines) is 1. The molecule has 5 rings (SSSR count). The summed E-state index contributed by atoms with van der Waals surface area (Å²) >= 11 is 1.35. The average Bonchev–Trinajstić information content (AvgIpc) is 3.52. The average molecular weight is 525 g/mol. The van der Waals surface area contributed by atoms with Crippen molar-refractivity contribution < 1.29 is 18.3 Å². The van der Waals surface area contributed by atoms with E-state index in [0.717, 1.165) is 48.5 Å². The van der Waals surface area contributed by atoms with Crippen LogP contribution in [0.5, 0.6) is 5.75 Å². The minimum atomic E-state index is -0.802. The lowest BCUT2D eigenvalue weighted by molar-refractivity contribution is 0.0945. The van der Waals surface area contributed by atoms with Crippen LogP contribution in [0.1, 0.15) is 33.8 Å². The van der Waals surface area contributed by atoms with Gasteiger partial charge in [-0.3, -0.25) is 4.79 Å². The van der Waals surface area contributed by atoms with Crippen LogP contribution in [0.3, 0.4) is 0 Å². The van der Waals surface area contributed by atoms with Gasteiger partial charge in [-0.2, -0.15) is 0 Å². The van der Waals surface area contributed by atoms with Gasteiger partial charge in [-0.05, 0) is 61.8 Å². The Morgan fingerprint density at radius 1 is 1.22 bits per heavy atom. The molecule has 8 nitrogen and oxygen atoms in total. The van der Waals surface area contributed by atoms with Crippen LogP contribution in [0.25, 0.3) is 10.6 Å². The number of benzene rings is 1. The summed E-state index contributed by atoms with van der Waals surface area (Å²) in [5.41, 5.74) is 7.28. The SMILES string of the molecule is NC=NC(=Nc1ccc(F)cc1F)c1cc2c(s1)-c1nc(C(=O)NCCN3CCCC3)ccc1OCC2. The molecule has 1 fully saturated rings. The highest BCUT2D eigenvalue weighted by Crippen LogP contribution is 2.40. The molecular weight excluding hydrogens is 498 g/mol. The smallest absolute Gasteiger partial charge is 0.269 e. The number of ether oxygens (including phenoxy) is 1. The van der Waals surface area contributed by atoms with Gasteiger partial charge in [0.15, 0.2) is 11.7 Å². The number of thiophene rings is 1. The molecule has 37 heavy (non-hydrogen) atoms. The molecule has 192 valence electrons. The summed E-state index contributed by atoms with van der Waals surface area (Å²) < 4.78 is 33.5. The van der Waals surface area contributed by atoms with Crippen LogP contribution in [0, 0.1) is 11.6 Å². The first kappa shape index (κ1) is 25.0. The molecular formula is C26H26F2N6O2S. The third kappa shape index (κ3) is 5.67. The third-order valence-electron chi connectivity index (χ3n) is 6.21. The largest absolute Gasteiger partial charge is 0.491 e. The minimum Gasteiger partial charge on any atom is -0.491 e. The number of pyridine rings is 1. The lowest BCUT2D eigenvalue weighted by atomic mass is 10.1. The second kappa shape index (κ2) is 11.1. The van der Waals surface area contributed by atoms with Crippen molar-refractivity contribution in [2.45, 2.75) is 19.3 Å². The molecule has 0 saturated carbocycles. The van der Waals surface area contributed by atoms with E-state index in [1.165, 1.54) is 30.2 Å². The Morgan fingerprint density at radius 2 is 2.05 bits per heavy atom. The number of amides is 1. The first-order chi connectivity index (χ1) is 18.0.